The molecule has 2 aliphatic rings. The van der Waals surface area contributed by atoms with Crippen LogP contribution in [0.25, 0.3) is 0 Å². The van der Waals surface area contributed by atoms with Gasteiger partial charge in [0.2, 0.25) is 0 Å². The Morgan fingerprint density at radius 2 is 2.20 bits per heavy atom. The van der Waals surface area contributed by atoms with Gasteiger partial charge in [-0.25, -0.2) is 0 Å². The normalized spacial score (nSPS) is 59.7. The van der Waals surface area contributed by atoms with Crippen molar-refractivity contribution in [3.63, 3.8) is 0 Å². The molecule has 2 N–H and O–H groups in total. The number of nitrogens with two attached hydrogens (primary N) is 1. The Balaban J connectivity index is 2.25. The van der Waals surface area contributed by atoms with E-state index in [9.17, 15) is 0 Å². The fourth-order valence-corrected chi connectivity index (χ4v) is 3.00. The third kappa shape index (κ3) is 0.619. The van der Waals surface area contributed by atoms with Gasteiger partial charge in [-0.3, -0.25) is 0 Å². The minimum atomic E-state index is 0.492. The van der Waals surface area contributed by atoms with Gasteiger partial charge < -0.3 is 5.73 Å². The van der Waals surface area contributed by atoms with E-state index in [0.717, 1.165) is 11.8 Å². The first-order chi connectivity index (χ1) is 4.63. The molecule has 0 amide bonds. The van der Waals surface area contributed by atoms with Crippen LogP contribution in [0, 0.1) is 17.3 Å². The first-order valence-corrected chi connectivity index (χ1v) is 4.39. The monoisotopic (exact) mass is 139 g/mol. The predicted octanol–water partition coefficient (Wildman–Crippen LogP) is 1.77. The zero-order valence-corrected chi connectivity index (χ0v) is 6.93. The largest absolute Gasteiger partial charge is 0.327 e. The van der Waals surface area contributed by atoms with Gasteiger partial charge >= 0.3 is 0 Å². The maximum absolute atomic E-state index is 6.10. The van der Waals surface area contributed by atoms with Crippen LogP contribution in [-0.2, 0) is 0 Å². The van der Waals surface area contributed by atoms with Crippen molar-refractivity contribution in [1.29, 1.82) is 0 Å². The molecule has 1 nitrogen and oxygen atoms in total. The van der Waals surface area contributed by atoms with E-state index in [1.165, 1.54) is 19.3 Å². The lowest BCUT2D eigenvalue weighted by molar-refractivity contribution is 0.230. The molecule has 0 spiro atoms. The van der Waals surface area contributed by atoms with E-state index >= 15 is 0 Å². The number of fused-ring (bicyclic) bond motifs is 2. The lowest BCUT2D eigenvalue weighted by Crippen LogP contribution is -2.40. The SMILES string of the molecule is C[C@@H]1[C@H]2CC[C@](C)(C2)[C@@H]1N. The van der Waals surface area contributed by atoms with E-state index in [-0.39, 0.29) is 0 Å². The van der Waals surface area contributed by atoms with E-state index in [0.29, 0.717) is 11.5 Å². The highest BCUT2D eigenvalue weighted by molar-refractivity contribution is 5.04. The van der Waals surface area contributed by atoms with Crippen LogP contribution in [0.4, 0.5) is 0 Å². The van der Waals surface area contributed by atoms with Gasteiger partial charge in [0.15, 0.2) is 0 Å². The first-order valence-electron chi connectivity index (χ1n) is 4.39. The Morgan fingerprint density at radius 1 is 1.50 bits per heavy atom. The van der Waals surface area contributed by atoms with Crippen LogP contribution in [0.2, 0.25) is 0 Å². The molecule has 2 saturated carbocycles. The molecule has 10 heavy (non-hydrogen) atoms. The number of hydrogen-bond acceptors (Lipinski definition) is 1. The molecule has 58 valence electrons. The van der Waals surface area contributed by atoms with Gasteiger partial charge in [0.25, 0.3) is 0 Å². The molecule has 0 heterocycles. The summed E-state index contributed by atoms with van der Waals surface area (Å²) in [6.45, 7) is 4.68. The van der Waals surface area contributed by atoms with Gasteiger partial charge in [0.1, 0.15) is 0 Å². The summed E-state index contributed by atoms with van der Waals surface area (Å²) in [5, 5.41) is 0. The molecule has 0 aromatic rings. The van der Waals surface area contributed by atoms with Crippen molar-refractivity contribution in [2.24, 2.45) is 23.0 Å². The number of rotatable bonds is 0. The van der Waals surface area contributed by atoms with Gasteiger partial charge in [0, 0.05) is 6.04 Å². The summed E-state index contributed by atoms with van der Waals surface area (Å²) in [5.41, 5.74) is 6.62. The Bertz CT molecular complexity index is 155. The third-order valence-electron chi connectivity index (χ3n) is 3.93. The molecule has 0 saturated heterocycles. The standard InChI is InChI=1S/C9H17N/c1-6-7-3-4-9(2,5-7)8(6)10/h6-8H,3-5,10H2,1-2H3/t6-,7+,8-,9-/m1/s1. The van der Waals surface area contributed by atoms with Gasteiger partial charge in [-0.2, -0.15) is 0 Å². The van der Waals surface area contributed by atoms with Crippen molar-refractivity contribution in [2.75, 3.05) is 0 Å². The fourth-order valence-electron chi connectivity index (χ4n) is 3.00. The first kappa shape index (κ1) is 6.66. The zero-order valence-electron chi connectivity index (χ0n) is 6.93. The molecule has 2 bridgehead atoms. The quantitative estimate of drug-likeness (QED) is 0.544. The second-order valence-corrected chi connectivity index (χ2v) is 4.54. The molecule has 0 unspecified atom stereocenters. The second-order valence-electron chi connectivity index (χ2n) is 4.54. The Morgan fingerprint density at radius 3 is 2.50 bits per heavy atom. The molecular weight excluding hydrogens is 122 g/mol. The highest BCUT2D eigenvalue weighted by Crippen LogP contribution is 2.55. The Labute approximate surface area is 63.0 Å². The fraction of sp³-hybridized carbons (Fsp3) is 1.00. The molecule has 2 aliphatic carbocycles. The van der Waals surface area contributed by atoms with E-state index in [1.54, 1.807) is 0 Å². The van der Waals surface area contributed by atoms with E-state index in [1.807, 2.05) is 0 Å². The maximum Gasteiger partial charge on any atom is 0.0121 e. The summed E-state index contributed by atoms with van der Waals surface area (Å²) in [4.78, 5) is 0. The van der Waals surface area contributed by atoms with Gasteiger partial charge in [-0.1, -0.05) is 13.8 Å². The van der Waals surface area contributed by atoms with Crippen LogP contribution in [0.5, 0.6) is 0 Å². The lowest BCUT2D eigenvalue weighted by atomic mass is 9.78. The predicted molar refractivity (Wildman–Crippen MR) is 42.6 cm³/mol. The van der Waals surface area contributed by atoms with Crippen LogP contribution >= 0.6 is 0 Å². The summed E-state index contributed by atoms with van der Waals surface area (Å²) in [7, 11) is 0. The van der Waals surface area contributed by atoms with Gasteiger partial charge in [-0.15, -0.1) is 0 Å². The van der Waals surface area contributed by atoms with Gasteiger partial charge in [-0.05, 0) is 36.5 Å². The van der Waals surface area contributed by atoms with Crippen LogP contribution in [0.15, 0.2) is 0 Å². The van der Waals surface area contributed by atoms with Crippen molar-refractivity contribution in [3.8, 4) is 0 Å². The summed E-state index contributed by atoms with van der Waals surface area (Å²) in [5.74, 6) is 1.75. The van der Waals surface area contributed by atoms with E-state index in [2.05, 4.69) is 13.8 Å². The second kappa shape index (κ2) is 1.76. The lowest BCUT2D eigenvalue weighted by Gasteiger charge is -2.32. The molecule has 0 aliphatic heterocycles. The van der Waals surface area contributed by atoms with Crippen LogP contribution in [0.3, 0.4) is 0 Å². The molecule has 2 rings (SSSR count). The number of hydrogen-bond donors (Lipinski definition) is 1. The van der Waals surface area contributed by atoms with Crippen LogP contribution in [-0.4, -0.2) is 6.04 Å². The topological polar surface area (TPSA) is 26.0 Å². The Kier molecular flexibility index (Phi) is 1.17. The van der Waals surface area contributed by atoms with Crippen LogP contribution < -0.4 is 5.73 Å². The molecule has 0 aromatic heterocycles. The average molecular weight is 139 g/mol. The van der Waals surface area contributed by atoms with Crippen molar-refractivity contribution in [3.05, 3.63) is 0 Å². The van der Waals surface area contributed by atoms with Crippen molar-refractivity contribution in [2.45, 2.75) is 39.2 Å². The minimum Gasteiger partial charge on any atom is -0.327 e. The van der Waals surface area contributed by atoms with E-state index in [4.69, 9.17) is 5.73 Å². The van der Waals surface area contributed by atoms with Crippen molar-refractivity contribution in [1.82, 2.24) is 0 Å². The summed E-state index contributed by atoms with van der Waals surface area (Å²) in [6.07, 6.45) is 4.21. The van der Waals surface area contributed by atoms with E-state index < -0.39 is 0 Å². The Hall–Kier alpha value is -0.0400. The smallest absolute Gasteiger partial charge is 0.0121 e. The van der Waals surface area contributed by atoms with Crippen LogP contribution in [0.1, 0.15) is 33.1 Å². The molecule has 4 atom stereocenters. The average Bonchev–Trinajstić information content (AvgIpc) is 2.35. The molecule has 0 aromatic carbocycles. The molecule has 0 radical (unpaired) electrons. The summed E-state index contributed by atoms with van der Waals surface area (Å²) >= 11 is 0. The molecule has 2 fully saturated rings. The maximum atomic E-state index is 6.10. The highest BCUT2D eigenvalue weighted by Gasteiger charge is 2.51. The summed E-state index contributed by atoms with van der Waals surface area (Å²) < 4.78 is 0. The van der Waals surface area contributed by atoms with Crippen molar-refractivity contribution < 1.29 is 0 Å². The summed E-state index contributed by atoms with van der Waals surface area (Å²) in [6, 6.07) is 0.492. The van der Waals surface area contributed by atoms with Gasteiger partial charge in [0.05, 0.1) is 0 Å². The molecule has 1 heteroatoms. The highest BCUT2D eigenvalue weighted by atomic mass is 14.8. The van der Waals surface area contributed by atoms with Crippen molar-refractivity contribution >= 4 is 0 Å². The molecular formula is C9H17N. The zero-order chi connectivity index (χ0) is 7.35. The third-order valence-corrected chi connectivity index (χ3v) is 3.93. The minimum absolute atomic E-state index is 0.492.